The number of sulfone groups is 1. The van der Waals surface area contributed by atoms with Gasteiger partial charge in [0.25, 0.3) is 0 Å². The molecule has 0 radical (unpaired) electrons. The number of carbonyl (C=O) groups excluding carboxylic acids is 1. The lowest BCUT2D eigenvalue weighted by atomic mass is 10.2. The van der Waals surface area contributed by atoms with E-state index < -0.39 is 9.84 Å². The van der Waals surface area contributed by atoms with Gasteiger partial charge in [-0.05, 0) is 18.2 Å². The molecule has 0 saturated carbocycles. The maximum absolute atomic E-state index is 12.4. The van der Waals surface area contributed by atoms with E-state index in [0.29, 0.717) is 5.56 Å². The summed E-state index contributed by atoms with van der Waals surface area (Å²) in [5.41, 5.74) is 0.344. The quantitative estimate of drug-likeness (QED) is 0.794. The van der Waals surface area contributed by atoms with Gasteiger partial charge in [-0.2, -0.15) is 0 Å². The summed E-state index contributed by atoms with van der Waals surface area (Å²) >= 11 is 0. The maximum atomic E-state index is 12.4. The van der Waals surface area contributed by atoms with Gasteiger partial charge in [0.2, 0.25) is 9.84 Å². The second-order valence-corrected chi connectivity index (χ2v) is 5.53. The van der Waals surface area contributed by atoms with Crippen molar-refractivity contribution in [2.45, 2.75) is 9.79 Å². The fourth-order valence-electron chi connectivity index (χ4n) is 1.63. The van der Waals surface area contributed by atoms with E-state index in [9.17, 15) is 13.2 Å². The lowest BCUT2D eigenvalue weighted by Gasteiger charge is -2.06. The summed E-state index contributed by atoms with van der Waals surface area (Å²) in [5.74, 6) is 1.61. The Balaban J connectivity index is 2.66. The van der Waals surface area contributed by atoms with Gasteiger partial charge in [-0.1, -0.05) is 36.4 Å². The fourth-order valence-corrected chi connectivity index (χ4v) is 3.10. The van der Waals surface area contributed by atoms with Crippen molar-refractivity contribution in [3.8, 4) is 0 Å². The molecule has 0 unspecified atom stereocenters. The van der Waals surface area contributed by atoms with Gasteiger partial charge < -0.3 is 0 Å². The van der Waals surface area contributed by atoms with Crippen molar-refractivity contribution in [1.82, 2.24) is 0 Å². The predicted molar refractivity (Wildman–Crippen MR) is 68.5 cm³/mol. The molecule has 0 N–H and O–H groups in total. The molecule has 0 aliphatic carbocycles. The Kier molecular flexibility index (Phi) is 3.42. The van der Waals surface area contributed by atoms with Crippen LogP contribution in [0.4, 0.5) is 0 Å². The molecule has 0 aliphatic heterocycles. The molecule has 4 heteroatoms. The first-order valence-electron chi connectivity index (χ1n) is 5.26. The summed E-state index contributed by atoms with van der Waals surface area (Å²) in [6.07, 6.45) is 1.12. The molecule has 90 valence electrons. The fraction of sp³-hybridized carbons (Fsp3) is 0. The zero-order valence-electron chi connectivity index (χ0n) is 9.41. The molecule has 3 nitrogen and oxygen atoms in total. The summed E-state index contributed by atoms with van der Waals surface area (Å²) < 4.78 is 24.8. The Morgan fingerprint density at radius 3 is 2.17 bits per heavy atom. The van der Waals surface area contributed by atoms with E-state index in [0.717, 1.165) is 6.08 Å². The molecule has 0 spiro atoms. The highest BCUT2D eigenvalue weighted by atomic mass is 32.2. The maximum Gasteiger partial charge on any atom is 0.207 e. The van der Waals surface area contributed by atoms with Gasteiger partial charge in [0.05, 0.1) is 9.79 Å². The smallest absolute Gasteiger partial charge is 0.207 e. The second-order valence-electron chi connectivity index (χ2n) is 3.62. The summed E-state index contributed by atoms with van der Waals surface area (Å²) in [6, 6.07) is 14.5. The zero-order valence-corrected chi connectivity index (χ0v) is 10.2. The SMILES string of the molecule is O=C=Cc1ccccc1S(=O)(=O)c1ccccc1. The lowest BCUT2D eigenvalue weighted by molar-refractivity contribution is 0.570. The van der Waals surface area contributed by atoms with Crippen LogP contribution in [0.25, 0.3) is 6.08 Å². The topological polar surface area (TPSA) is 51.2 Å². The predicted octanol–water partition coefficient (Wildman–Crippen LogP) is 2.36. The normalized spacial score (nSPS) is 10.7. The van der Waals surface area contributed by atoms with E-state index in [1.54, 1.807) is 42.3 Å². The largest absolute Gasteiger partial charge is 0.233 e. The molecule has 0 aliphatic rings. The van der Waals surface area contributed by atoms with Crippen molar-refractivity contribution in [3.05, 3.63) is 60.2 Å². The first-order chi connectivity index (χ1) is 8.66. The molecular formula is C14H10O3S. The first-order valence-corrected chi connectivity index (χ1v) is 6.74. The number of rotatable bonds is 3. The van der Waals surface area contributed by atoms with E-state index in [4.69, 9.17) is 0 Å². The van der Waals surface area contributed by atoms with Crippen molar-refractivity contribution in [2.24, 2.45) is 0 Å². The standard InChI is InChI=1S/C14H10O3S/c15-11-10-12-6-4-5-9-14(12)18(16,17)13-7-2-1-3-8-13/h1-10H. The Bertz CT molecular complexity index is 697. The molecule has 0 heterocycles. The van der Waals surface area contributed by atoms with Crippen molar-refractivity contribution >= 4 is 21.9 Å². The number of benzene rings is 2. The van der Waals surface area contributed by atoms with E-state index >= 15 is 0 Å². The van der Waals surface area contributed by atoms with Gasteiger partial charge in [0, 0.05) is 11.6 Å². The van der Waals surface area contributed by atoms with Crippen LogP contribution in [-0.2, 0) is 14.6 Å². The molecule has 0 atom stereocenters. The van der Waals surface area contributed by atoms with Gasteiger partial charge in [0.15, 0.2) is 0 Å². The second kappa shape index (κ2) is 5.00. The van der Waals surface area contributed by atoms with Crippen LogP contribution in [-0.4, -0.2) is 14.4 Å². The number of hydrogen-bond acceptors (Lipinski definition) is 3. The van der Waals surface area contributed by atoms with Crippen LogP contribution in [0.3, 0.4) is 0 Å². The zero-order chi connectivity index (χ0) is 13.0. The van der Waals surface area contributed by atoms with Gasteiger partial charge in [-0.3, -0.25) is 0 Å². The van der Waals surface area contributed by atoms with Crippen LogP contribution in [0, 0.1) is 0 Å². The highest BCUT2D eigenvalue weighted by Gasteiger charge is 2.19. The molecule has 2 aromatic carbocycles. The Labute approximate surface area is 105 Å². The van der Waals surface area contributed by atoms with Crippen molar-refractivity contribution in [3.63, 3.8) is 0 Å². The summed E-state index contributed by atoms with van der Waals surface area (Å²) in [6.45, 7) is 0. The van der Waals surface area contributed by atoms with Gasteiger partial charge in [-0.15, -0.1) is 0 Å². The third kappa shape index (κ3) is 2.25. The van der Waals surface area contributed by atoms with Gasteiger partial charge in [-0.25, -0.2) is 13.2 Å². The van der Waals surface area contributed by atoms with Crippen molar-refractivity contribution < 1.29 is 13.2 Å². The Morgan fingerprint density at radius 1 is 0.889 bits per heavy atom. The van der Waals surface area contributed by atoms with E-state index in [1.165, 1.54) is 18.2 Å². The minimum Gasteiger partial charge on any atom is -0.233 e. The molecule has 2 rings (SSSR count). The highest BCUT2D eigenvalue weighted by Crippen LogP contribution is 2.24. The molecule has 0 fully saturated rings. The molecule has 18 heavy (non-hydrogen) atoms. The Hall–Kier alpha value is -2.16. The first kappa shape index (κ1) is 12.3. The Morgan fingerprint density at radius 2 is 1.50 bits per heavy atom. The third-order valence-corrected chi connectivity index (χ3v) is 4.32. The van der Waals surface area contributed by atoms with Gasteiger partial charge >= 0.3 is 0 Å². The molecule has 0 saturated heterocycles. The summed E-state index contributed by atoms with van der Waals surface area (Å²) in [7, 11) is -3.60. The average Bonchev–Trinajstić information content (AvgIpc) is 2.41. The third-order valence-electron chi connectivity index (χ3n) is 2.48. The van der Waals surface area contributed by atoms with Crippen molar-refractivity contribution in [1.29, 1.82) is 0 Å². The molecule has 0 aromatic heterocycles. The summed E-state index contributed by atoms with van der Waals surface area (Å²) in [4.78, 5) is 10.7. The van der Waals surface area contributed by atoms with Gasteiger partial charge in [0.1, 0.15) is 5.94 Å². The minimum absolute atomic E-state index is 0.111. The van der Waals surface area contributed by atoms with E-state index in [2.05, 4.69) is 0 Å². The van der Waals surface area contributed by atoms with Crippen molar-refractivity contribution in [2.75, 3.05) is 0 Å². The van der Waals surface area contributed by atoms with Crippen LogP contribution >= 0.6 is 0 Å². The van der Waals surface area contributed by atoms with E-state index in [-0.39, 0.29) is 9.79 Å². The molecule has 0 amide bonds. The van der Waals surface area contributed by atoms with Crippen LogP contribution in [0.1, 0.15) is 5.56 Å². The van der Waals surface area contributed by atoms with Crippen LogP contribution in [0.15, 0.2) is 64.4 Å². The molecule has 2 aromatic rings. The van der Waals surface area contributed by atoms with Crippen LogP contribution in [0.2, 0.25) is 0 Å². The minimum atomic E-state index is -3.60. The number of hydrogen-bond donors (Lipinski definition) is 0. The van der Waals surface area contributed by atoms with Crippen LogP contribution in [0.5, 0.6) is 0 Å². The monoisotopic (exact) mass is 258 g/mol. The molecular weight excluding hydrogens is 248 g/mol. The summed E-state index contributed by atoms with van der Waals surface area (Å²) in [5, 5.41) is 0. The average molecular weight is 258 g/mol. The van der Waals surface area contributed by atoms with Crippen LogP contribution < -0.4 is 0 Å². The molecule has 0 bridgehead atoms. The lowest BCUT2D eigenvalue weighted by Crippen LogP contribution is -2.03. The van der Waals surface area contributed by atoms with E-state index in [1.807, 2.05) is 0 Å². The highest BCUT2D eigenvalue weighted by molar-refractivity contribution is 7.91.